The van der Waals surface area contributed by atoms with Crippen molar-refractivity contribution in [2.75, 3.05) is 39.6 Å². The van der Waals surface area contributed by atoms with E-state index >= 15 is 0 Å². The van der Waals surface area contributed by atoms with Gasteiger partial charge in [-0.15, -0.1) is 0 Å². The number of hydrogen-bond donors (Lipinski definition) is 3. The van der Waals surface area contributed by atoms with Crippen LogP contribution in [0.1, 0.15) is 376 Å². The lowest BCUT2D eigenvalue weighted by atomic mass is 10.0. The van der Waals surface area contributed by atoms with Crippen molar-refractivity contribution in [2.24, 2.45) is 17.8 Å². The van der Waals surface area contributed by atoms with Crippen LogP contribution in [-0.4, -0.2) is 96.7 Å². The molecule has 0 amide bonds. The van der Waals surface area contributed by atoms with Crippen LogP contribution in [0.5, 0.6) is 0 Å². The Morgan fingerprint density at radius 1 is 0.290 bits per heavy atom. The fourth-order valence-electron chi connectivity index (χ4n) is 11.2. The molecular formula is C74H144O17P2. The topological polar surface area (TPSA) is 237 Å². The zero-order valence-electron chi connectivity index (χ0n) is 60.7. The molecule has 17 nitrogen and oxygen atoms in total. The third kappa shape index (κ3) is 68.4. The molecule has 0 rings (SSSR count). The van der Waals surface area contributed by atoms with Crippen molar-refractivity contribution in [3.63, 3.8) is 0 Å². The SMILES string of the molecule is CCCCCCCCCCCCCCCCCC(=O)OC[C@H](COP(=O)(O)OC[C@@H](O)COP(=O)(O)OC[C@@H](COC(=O)CCCCCCCCC(C)C)OC(=O)CCCCCCCCCCCCC(C)C)OC(=O)CCCCCCCCCCCCCCCC(C)C. The molecule has 0 heterocycles. The second-order valence-corrected chi connectivity index (χ2v) is 31.0. The fraction of sp³-hybridized carbons (Fsp3) is 0.946. The molecule has 0 aliphatic carbocycles. The van der Waals surface area contributed by atoms with E-state index in [-0.39, 0.29) is 25.7 Å². The highest BCUT2D eigenvalue weighted by atomic mass is 31.2. The Balaban J connectivity index is 5.24. The van der Waals surface area contributed by atoms with Crippen LogP contribution in [0, 0.1) is 17.8 Å². The van der Waals surface area contributed by atoms with Gasteiger partial charge in [0, 0.05) is 25.7 Å². The first-order valence-corrected chi connectivity index (χ1v) is 41.3. The maximum absolute atomic E-state index is 13.1. The van der Waals surface area contributed by atoms with Crippen LogP contribution in [0.4, 0.5) is 0 Å². The summed E-state index contributed by atoms with van der Waals surface area (Å²) in [4.78, 5) is 72.7. The number of rotatable bonds is 72. The molecule has 0 aliphatic heterocycles. The average molecular weight is 1370 g/mol. The van der Waals surface area contributed by atoms with Crippen LogP contribution >= 0.6 is 15.6 Å². The molecular weight excluding hydrogens is 1220 g/mol. The van der Waals surface area contributed by atoms with Crippen LogP contribution < -0.4 is 0 Å². The second kappa shape index (κ2) is 64.7. The lowest BCUT2D eigenvalue weighted by molar-refractivity contribution is -0.161. The molecule has 3 N–H and O–H groups in total. The Bertz CT molecular complexity index is 1820. The monoisotopic (exact) mass is 1370 g/mol. The van der Waals surface area contributed by atoms with Crippen LogP contribution in [0.3, 0.4) is 0 Å². The number of hydrogen-bond acceptors (Lipinski definition) is 15. The molecule has 552 valence electrons. The van der Waals surface area contributed by atoms with E-state index in [9.17, 15) is 43.2 Å². The molecule has 0 fully saturated rings. The number of phosphoric ester groups is 2. The Kier molecular flexibility index (Phi) is 63.4. The minimum atomic E-state index is -4.96. The van der Waals surface area contributed by atoms with Crippen molar-refractivity contribution in [3.05, 3.63) is 0 Å². The van der Waals surface area contributed by atoms with Crippen molar-refractivity contribution >= 4 is 39.5 Å². The normalized spacial score (nSPS) is 14.1. The molecule has 0 saturated carbocycles. The van der Waals surface area contributed by atoms with Crippen LogP contribution in [0.2, 0.25) is 0 Å². The van der Waals surface area contributed by atoms with Gasteiger partial charge in [0.05, 0.1) is 26.4 Å². The molecule has 93 heavy (non-hydrogen) atoms. The van der Waals surface area contributed by atoms with Crippen LogP contribution in [0.15, 0.2) is 0 Å². The maximum atomic E-state index is 13.1. The highest BCUT2D eigenvalue weighted by Crippen LogP contribution is 2.45. The smallest absolute Gasteiger partial charge is 0.462 e. The number of carbonyl (C=O) groups excluding carboxylic acids is 4. The number of ether oxygens (including phenoxy) is 4. The van der Waals surface area contributed by atoms with E-state index in [0.717, 1.165) is 108 Å². The fourth-order valence-corrected chi connectivity index (χ4v) is 12.8. The van der Waals surface area contributed by atoms with E-state index in [1.54, 1.807) is 0 Å². The summed E-state index contributed by atoms with van der Waals surface area (Å²) in [5, 5.41) is 10.6. The quantitative estimate of drug-likeness (QED) is 0.0222. The first-order chi connectivity index (χ1) is 44.7. The number of esters is 4. The molecule has 0 aromatic heterocycles. The number of aliphatic hydroxyl groups is 1. The van der Waals surface area contributed by atoms with Gasteiger partial charge in [-0.05, 0) is 43.4 Å². The molecule has 19 heteroatoms. The van der Waals surface area contributed by atoms with Gasteiger partial charge in [-0.2, -0.15) is 0 Å². The van der Waals surface area contributed by atoms with Gasteiger partial charge in [-0.25, -0.2) is 9.13 Å². The molecule has 0 saturated heterocycles. The van der Waals surface area contributed by atoms with Crippen LogP contribution in [0.25, 0.3) is 0 Å². The van der Waals surface area contributed by atoms with Gasteiger partial charge >= 0.3 is 39.5 Å². The summed E-state index contributed by atoms with van der Waals surface area (Å²) in [5.74, 6) is 0.0963. The predicted molar refractivity (Wildman–Crippen MR) is 377 cm³/mol. The molecule has 0 radical (unpaired) electrons. The Labute approximate surface area is 568 Å². The molecule has 0 aliphatic rings. The highest BCUT2D eigenvalue weighted by Gasteiger charge is 2.30. The summed E-state index contributed by atoms with van der Waals surface area (Å²) in [6.45, 7) is 11.8. The zero-order valence-corrected chi connectivity index (χ0v) is 62.5. The van der Waals surface area contributed by atoms with Gasteiger partial charge in [-0.3, -0.25) is 37.3 Å². The zero-order chi connectivity index (χ0) is 68.7. The highest BCUT2D eigenvalue weighted by molar-refractivity contribution is 7.47. The maximum Gasteiger partial charge on any atom is 0.472 e. The van der Waals surface area contributed by atoms with E-state index in [2.05, 4.69) is 48.5 Å². The molecule has 2 unspecified atom stereocenters. The molecule has 0 bridgehead atoms. The van der Waals surface area contributed by atoms with Crippen molar-refractivity contribution in [3.8, 4) is 0 Å². The minimum Gasteiger partial charge on any atom is -0.462 e. The Morgan fingerprint density at radius 2 is 0.495 bits per heavy atom. The Hall–Kier alpha value is -1.94. The Morgan fingerprint density at radius 3 is 0.731 bits per heavy atom. The summed E-state index contributed by atoms with van der Waals surface area (Å²) >= 11 is 0. The van der Waals surface area contributed by atoms with Gasteiger partial charge < -0.3 is 33.8 Å². The van der Waals surface area contributed by atoms with E-state index < -0.39 is 97.5 Å². The van der Waals surface area contributed by atoms with Crippen molar-refractivity contribution in [2.45, 2.75) is 394 Å². The van der Waals surface area contributed by atoms with Gasteiger partial charge in [0.1, 0.15) is 19.3 Å². The summed E-state index contributed by atoms with van der Waals surface area (Å²) in [7, 11) is -9.91. The number of unbranched alkanes of at least 4 members (excludes halogenated alkanes) is 40. The number of carbonyl (C=O) groups is 4. The molecule has 0 aromatic carbocycles. The van der Waals surface area contributed by atoms with E-state index in [4.69, 9.17) is 37.0 Å². The molecule has 0 aromatic rings. The number of aliphatic hydroxyl groups excluding tert-OH is 1. The standard InChI is InChI=1S/C74H144O17P2/c1-8-9-10-11-12-13-14-15-16-19-22-28-33-41-48-55-71(76)84-61-69(90-73(78)57-50-43-34-29-23-20-17-18-21-26-31-38-45-52-65(2)3)63-88-92(80,81)86-59-68(75)60-87-93(82,83)89-64-70(62-85-72(77)56-49-42-37-36-40-47-54-67(6)7)91-74(79)58-51-44-35-30-25-24-27-32-39-46-53-66(4)5/h65-70,75H,8-64H2,1-7H3,(H,80,81)(H,82,83)/t68-,69-,70-/m1/s1. The summed E-state index contributed by atoms with van der Waals surface area (Å²) < 4.78 is 68.4. The summed E-state index contributed by atoms with van der Waals surface area (Å²) in [6.07, 6.45) is 50.0. The predicted octanol–water partition coefficient (Wildman–Crippen LogP) is 21.4. The summed E-state index contributed by atoms with van der Waals surface area (Å²) in [5.41, 5.74) is 0. The van der Waals surface area contributed by atoms with Gasteiger partial charge in [-0.1, -0.05) is 325 Å². The minimum absolute atomic E-state index is 0.105. The van der Waals surface area contributed by atoms with Crippen molar-refractivity contribution < 1.29 is 80.2 Å². The van der Waals surface area contributed by atoms with E-state index in [1.165, 1.54) is 180 Å². The van der Waals surface area contributed by atoms with Gasteiger partial charge in [0.25, 0.3) is 0 Å². The summed E-state index contributed by atoms with van der Waals surface area (Å²) in [6, 6.07) is 0. The van der Waals surface area contributed by atoms with Crippen molar-refractivity contribution in [1.82, 2.24) is 0 Å². The number of phosphoric acid groups is 2. The average Bonchev–Trinajstić information content (AvgIpc) is 3.73. The lowest BCUT2D eigenvalue weighted by Gasteiger charge is -2.21. The molecule has 5 atom stereocenters. The lowest BCUT2D eigenvalue weighted by Crippen LogP contribution is -2.30. The third-order valence-electron chi connectivity index (χ3n) is 17.1. The van der Waals surface area contributed by atoms with Crippen molar-refractivity contribution in [1.29, 1.82) is 0 Å². The van der Waals surface area contributed by atoms with E-state index in [0.29, 0.717) is 31.6 Å². The molecule has 0 spiro atoms. The second-order valence-electron chi connectivity index (χ2n) is 28.1. The third-order valence-corrected chi connectivity index (χ3v) is 19.0. The first kappa shape index (κ1) is 91.1. The van der Waals surface area contributed by atoms with Gasteiger partial charge in [0.2, 0.25) is 0 Å². The first-order valence-electron chi connectivity index (χ1n) is 38.3. The van der Waals surface area contributed by atoms with E-state index in [1.807, 2.05) is 0 Å². The van der Waals surface area contributed by atoms with Crippen LogP contribution in [-0.2, 0) is 65.4 Å². The van der Waals surface area contributed by atoms with Gasteiger partial charge in [0.15, 0.2) is 12.2 Å². The largest absolute Gasteiger partial charge is 0.472 e.